The number of benzene rings is 1. The van der Waals surface area contributed by atoms with Gasteiger partial charge in [-0.3, -0.25) is 4.90 Å². The zero-order valence-electron chi connectivity index (χ0n) is 12.8. The third kappa shape index (κ3) is 5.01. The summed E-state index contributed by atoms with van der Waals surface area (Å²) in [6.45, 7) is 8.88. The Morgan fingerprint density at radius 2 is 1.81 bits per heavy atom. The maximum atomic E-state index is 12.8. The van der Waals surface area contributed by atoms with Crippen molar-refractivity contribution in [3.8, 4) is 0 Å². The molecule has 5 heteroatoms. The molecule has 1 saturated heterocycles. The molecular formula is C16H24FN3O. The van der Waals surface area contributed by atoms with E-state index < -0.39 is 0 Å². The Labute approximate surface area is 125 Å². The minimum absolute atomic E-state index is 0.106. The Morgan fingerprint density at radius 1 is 1.19 bits per heavy atom. The van der Waals surface area contributed by atoms with Crippen LogP contribution < -0.4 is 5.32 Å². The number of piperazine rings is 1. The van der Waals surface area contributed by atoms with Gasteiger partial charge in [-0.1, -0.05) is 13.8 Å². The molecule has 0 saturated carbocycles. The van der Waals surface area contributed by atoms with Crippen LogP contribution in [-0.4, -0.2) is 48.6 Å². The Hall–Kier alpha value is -1.62. The highest BCUT2D eigenvalue weighted by molar-refractivity contribution is 5.89. The first kappa shape index (κ1) is 15.8. The lowest BCUT2D eigenvalue weighted by Gasteiger charge is -2.35. The number of nitrogens with one attached hydrogen (secondary N) is 1. The first-order valence-electron chi connectivity index (χ1n) is 7.58. The van der Waals surface area contributed by atoms with Gasteiger partial charge in [0.1, 0.15) is 5.82 Å². The van der Waals surface area contributed by atoms with Gasteiger partial charge in [-0.05, 0) is 43.1 Å². The normalized spacial score (nSPS) is 16.3. The summed E-state index contributed by atoms with van der Waals surface area (Å²) in [5, 5.41) is 2.81. The molecule has 2 rings (SSSR count). The molecule has 1 heterocycles. The molecule has 1 fully saturated rings. The van der Waals surface area contributed by atoms with Crippen LogP contribution in [0.25, 0.3) is 0 Å². The number of carbonyl (C=O) groups excluding carboxylic acids is 1. The van der Waals surface area contributed by atoms with Crippen LogP contribution in [0.2, 0.25) is 0 Å². The van der Waals surface area contributed by atoms with Crippen molar-refractivity contribution in [1.29, 1.82) is 0 Å². The van der Waals surface area contributed by atoms with Crippen LogP contribution in [-0.2, 0) is 0 Å². The predicted molar refractivity (Wildman–Crippen MR) is 82.9 cm³/mol. The Bertz CT molecular complexity index is 453. The van der Waals surface area contributed by atoms with Crippen LogP contribution in [0.4, 0.5) is 14.9 Å². The van der Waals surface area contributed by atoms with E-state index in [0.717, 1.165) is 32.7 Å². The molecule has 0 spiro atoms. The quantitative estimate of drug-likeness (QED) is 0.926. The SMILES string of the molecule is CC(C)CCN1CCN(C(=O)Nc2ccc(F)cc2)CC1. The highest BCUT2D eigenvalue weighted by Crippen LogP contribution is 2.11. The second-order valence-corrected chi connectivity index (χ2v) is 5.95. The molecule has 0 radical (unpaired) electrons. The summed E-state index contributed by atoms with van der Waals surface area (Å²) in [5.41, 5.74) is 0.628. The summed E-state index contributed by atoms with van der Waals surface area (Å²) in [7, 11) is 0. The van der Waals surface area contributed by atoms with Gasteiger partial charge in [-0.25, -0.2) is 9.18 Å². The van der Waals surface area contributed by atoms with Crippen LogP contribution in [0.1, 0.15) is 20.3 Å². The second-order valence-electron chi connectivity index (χ2n) is 5.95. The van der Waals surface area contributed by atoms with E-state index in [1.54, 1.807) is 12.1 Å². The maximum Gasteiger partial charge on any atom is 0.321 e. The molecule has 2 amide bonds. The summed E-state index contributed by atoms with van der Waals surface area (Å²) in [4.78, 5) is 16.3. The molecule has 0 bridgehead atoms. The Morgan fingerprint density at radius 3 is 2.38 bits per heavy atom. The highest BCUT2D eigenvalue weighted by atomic mass is 19.1. The van der Waals surface area contributed by atoms with Crippen LogP contribution in [0.15, 0.2) is 24.3 Å². The maximum absolute atomic E-state index is 12.8. The van der Waals surface area contributed by atoms with E-state index in [1.165, 1.54) is 18.6 Å². The molecule has 1 aromatic carbocycles. The summed E-state index contributed by atoms with van der Waals surface area (Å²) in [6.07, 6.45) is 1.20. The molecule has 0 aromatic heterocycles. The van der Waals surface area contributed by atoms with Gasteiger partial charge in [0.25, 0.3) is 0 Å². The molecule has 1 aliphatic heterocycles. The average molecular weight is 293 g/mol. The zero-order valence-corrected chi connectivity index (χ0v) is 12.8. The largest absolute Gasteiger partial charge is 0.322 e. The lowest BCUT2D eigenvalue weighted by atomic mass is 10.1. The van der Waals surface area contributed by atoms with E-state index in [4.69, 9.17) is 0 Å². The number of nitrogens with zero attached hydrogens (tertiary/aromatic N) is 2. The topological polar surface area (TPSA) is 35.6 Å². The molecule has 1 aliphatic rings. The molecule has 1 N–H and O–H groups in total. The summed E-state index contributed by atoms with van der Waals surface area (Å²) < 4.78 is 12.8. The molecule has 0 atom stereocenters. The van der Waals surface area contributed by atoms with Crippen molar-refractivity contribution in [1.82, 2.24) is 9.80 Å². The number of halogens is 1. The van der Waals surface area contributed by atoms with Gasteiger partial charge in [0, 0.05) is 31.9 Å². The van der Waals surface area contributed by atoms with Crippen molar-refractivity contribution in [2.75, 3.05) is 38.0 Å². The van der Waals surface area contributed by atoms with Crippen LogP contribution in [0.5, 0.6) is 0 Å². The van der Waals surface area contributed by atoms with Gasteiger partial charge in [0.15, 0.2) is 0 Å². The third-order valence-corrected chi connectivity index (χ3v) is 3.78. The number of hydrogen-bond donors (Lipinski definition) is 1. The van der Waals surface area contributed by atoms with E-state index in [1.807, 2.05) is 4.90 Å². The molecular weight excluding hydrogens is 269 g/mol. The van der Waals surface area contributed by atoms with Gasteiger partial charge in [-0.2, -0.15) is 0 Å². The van der Waals surface area contributed by atoms with Crippen molar-refractivity contribution in [3.63, 3.8) is 0 Å². The monoisotopic (exact) mass is 293 g/mol. The van der Waals surface area contributed by atoms with Gasteiger partial charge in [0.2, 0.25) is 0 Å². The van der Waals surface area contributed by atoms with Crippen LogP contribution >= 0.6 is 0 Å². The number of hydrogen-bond acceptors (Lipinski definition) is 2. The minimum Gasteiger partial charge on any atom is -0.322 e. The second kappa shape index (κ2) is 7.41. The lowest BCUT2D eigenvalue weighted by molar-refractivity contribution is 0.143. The van der Waals surface area contributed by atoms with Crippen LogP contribution in [0, 0.1) is 11.7 Å². The van der Waals surface area contributed by atoms with Gasteiger partial charge in [0.05, 0.1) is 0 Å². The Kier molecular flexibility index (Phi) is 5.56. The first-order chi connectivity index (χ1) is 10.0. The van der Waals surface area contributed by atoms with Crippen LogP contribution in [0.3, 0.4) is 0 Å². The molecule has 0 aliphatic carbocycles. The van der Waals surface area contributed by atoms with Gasteiger partial charge < -0.3 is 10.2 Å². The fourth-order valence-electron chi connectivity index (χ4n) is 2.35. The number of amides is 2. The smallest absolute Gasteiger partial charge is 0.321 e. The number of anilines is 1. The van der Waals surface area contributed by atoms with Gasteiger partial charge in [-0.15, -0.1) is 0 Å². The standard InChI is InChI=1S/C16H24FN3O/c1-13(2)7-8-19-9-11-20(12-10-19)16(21)18-15-5-3-14(17)4-6-15/h3-6,13H,7-12H2,1-2H3,(H,18,21). The van der Waals surface area contributed by atoms with Crippen molar-refractivity contribution in [2.45, 2.75) is 20.3 Å². The van der Waals surface area contributed by atoms with E-state index in [0.29, 0.717) is 11.6 Å². The van der Waals surface area contributed by atoms with E-state index in [-0.39, 0.29) is 11.8 Å². The molecule has 21 heavy (non-hydrogen) atoms. The summed E-state index contributed by atoms with van der Waals surface area (Å²) in [5.74, 6) is 0.413. The first-order valence-corrected chi connectivity index (χ1v) is 7.58. The van der Waals surface area contributed by atoms with Crippen molar-refractivity contribution < 1.29 is 9.18 Å². The third-order valence-electron chi connectivity index (χ3n) is 3.78. The fourth-order valence-corrected chi connectivity index (χ4v) is 2.35. The van der Waals surface area contributed by atoms with Crippen molar-refractivity contribution in [3.05, 3.63) is 30.1 Å². The van der Waals surface area contributed by atoms with E-state index >= 15 is 0 Å². The van der Waals surface area contributed by atoms with E-state index in [2.05, 4.69) is 24.1 Å². The highest BCUT2D eigenvalue weighted by Gasteiger charge is 2.20. The molecule has 4 nitrogen and oxygen atoms in total. The fraction of sp³-hybridized carbons (Fsp3) is 0.562. The lowest BCUT2D eigenvalue weighted by Crippen LogP contribution is -2.50. The van der Waals surface area contributed by atoms with Gasteiger partial charge >= 0.3 is 6.03 Å². The van der Waals surface area contributed by atoms with E-state index in [9.17, 15) is 9.18 Å². The van der Waals surface area contributed by atoms with Crippen molar-refractivity contribution >= 4 is 11.7 Å². The average Bonchev–Trinajstić information content (AvgIpc) is 2.48. The predicted octanol–water partition coefficient (Wildman–Crippen LogP) is 3.02. The molecule has 116 valence electrons. The molecule has 1 aromatic rings. The summed E-state index contributed by atoms with van der Waals surface area (Å²) >= 11 is 0. The van der Waals surface area contributed by atoms with Crippen molar-refractivity contribution in [2.24, 2.45) is 5.92 Å². The number of urea groups is 1. The zero-order chi connectivity index (χ0) is 15.2. The Balaban J connectivity index is 1.76. The molecule has 0 unspecified atom stereocenters. The number of carbonyl (C=O) groups is 1. The summed E-state index contributed by atoms with van der Waals surface area (Å²) in [6, 6.07) is 5.74. The number of rotatable bonds is 4. The minimum atomic E-state index is -0.299.